The Morgan fingerprint density at radius 1 is 0.368 bits per heavy atom. The number of benzene rings is 7. The van der Waals surface area contributed by atoms with Crippen molar-refractivity contribution in [3.8, 4) is 67.3 Å². The molecule has 4 heterocycles. The van der Waals surface area contributed by atoms with E-state index in [1.807, 2.05) is 54.7 Å². The highest BCUT2D eigenvalue weighted by Gasteiger charge is 2.17. The average molecular weight is 732 g/mol. The summed E-state index contributed by atoms with van der Waals surface area (Å²) in [6.07, 6.45) is 3.70. The van der Waals surface area contributed by atoms with Gasteiger partial charge in [0.2, 0.25) is 0 Å². The summed E-state index contributed by atoms with van der Waals surface area (Å²) in [4.78, 5) is 14.8. The lowest BCUT2D eigenvalue weighted by Crippen LogP contribution is -1.97. The van der Waals surface area contributed by atoms with E-state index in [0.717, 1.165) is 111 Å². The molecule has 11 rings (SSSR count). The fraction of sp³-hybridized carbons (Fsp3) is 0.0192. The number of rotatable bonds is 6. The first kappa shape index (κ1) is 32.8. The van der Waals surface area contributed by atoms with Gasteiger partial charge in [-0.05, 0) is 113 Å². The maximum Gasteiger partial charge on any atom is 0.160 e. The van der Waals surface area contributed by atoms with Crippen LogP contribution in [0, 0.1) is 6.92 Å². The maximum atomic E-state index is 6.22. The van der Waals surface area contributed by atoms with Gasteiger partial charge in [0.05, 0.1) is 11.4 Å². The molecule has 5 heteroatoms. The first-order valence-electron chi connectivity index (χ1n) is 19.1. The first-order valence-corrected chi connectivity index (χ1v) is 19.1. The van der Waals surface area contributed by atoms with Crippen LogP contribution in [0.5, 0.6) is 0 Å². The molecule has 5 nitrogen and oxygen atoms in total. The molecule has 0 amide bonds. The summed E-state index contributed by atoms with van der Waals surface area (Å²) in [5.41, 5.74) is 15.8. The number of furan rings is 2. The standard InChI is InChI=1S/C52H33N3O2/c1-32-24-36(17-20-41(32)37-12-9-23-53-31-37)52-54-46(33-10-3-2-4-11-33)30-47(55-52)40-26-38(34-18-21-50-44(28-34)42-13-5-7-15-48(42)56-50)25-39(27-40)35-19-22-51-45(29-35)43-14-6-8-16-49(43)57-51/h2-31H,1H3. The molecule has 0 atom stereocenters. The van der Waals surface area contributed by atoms with E-state index in [0.29, 0.717) is 5.82 Å². The topological polar surface area (TPSA) is 65.0 Å². The van der Waals surface area contributed by atoms with Gasteiger partial charge in [0.1, 0.15) is 22.3 Å². The van der Waals surface area contributed by atoms with Crippen molar-refractivity contribution in [3.05, 3.63) is 188 Å². The maximum absolute atomic E-state index is 6.22. The number of hydrogen-bond acceptors (Lipinski definition) is 5. The van der Waals surface area contributed by atoms with E-state index in [1.165, 1.54) is 0 Å². The third-order valence-corrected chi connectivity index (χ3v) is 10.9. The molecule has 0 saturated heterocycles. The summed E-state index contributed by atoms with van der Waals surface area (Å²) in [6, 6.07) is 59.0. The number of hydrogen-bond donors (Lipinski definition) is 0. The van der Waals surface area contributed by atoms with Gasteiger partial charge in [-0.1, -0.05) is 97.1 Å². The third-order valence-electron chi connectivity index (χ3n) is 10.9. The van der Waals surface area contributed by atoms with Gasteiger partial charge >= 0.3 is 0 Å². The molecule has 0 aliphatic heterocycles. The van der Waals surface area contributed by atoms with E-state index in [1.54, 1.807) is 6.20 Å². The Labute approximate surface area is 328 Å². The Morgan fingerprint density at radius 3 is 1.53 bits per heavy atom. The number of pyridine rings is 1. The van der Waals surface area contributed by atoms with Crippen molar-refractivity contribution in [2.24, 2.45) is 0 Å². The zero-order chi connectivity index (χ0) is 37.9. The lowest BCUT2D eigenvalue weighted by molar-refractivity contribution is 0.668. The van der Waals surface area contributed by atoms with Crippen LogP contribution in [0.4, 0.5) is 0 Å². The van der Waals surface area contributed by atoms with Crippen LogP contribution in [0.25, 0.3) is 111 Å². The summed E-state index contributed by atoms with van der Waals surface area (Å²) in [5.74, 6) is 0.664. The smallest absolute Gasteiger partial charge is 0.160 e. The van der Waals surface area contributed by atoms with Gasteiger partial charge in [0, 0.05) is 56.2 Å². The third kappa shape index (κ3) is 5.85. The van der Waals surface area contributed by atoms with Crippen molar-refractivity contribution in [1.29, 1.82) is 0 Å². The molecule has 0 bridgehead atoms. The minimum atomic E-state index is 0.664. The van der Waals surface area contributed by atoms with E-state index in [9.17, 15) is 0 Å². The fourth-order valence-corrected chi connectivity index (χ4v) is 8.05. The second-order valence-corrected chi connectivity index (χ2v) is 14.5. The van der Waals surface area contributed by atoms with Crippen LogP contribution in [-0.2, 0) is 0 Å². The molecule has 4 aromatic heterocycles. The zero-order valence-corrected chi connectivity index (χ0v) is 31.0. The summed E-state index contributed by atoms with van der Waals surface area (Å²) >= 11 is 0. The predicted molar refractivity (Wildman–Crippen MR) is 232 cm³/mol. The number of nitrogens with zero attached hydrogens (tertiary/aromatic N) is 3. The number of fused-ring (bicyclic) bond motifs is 6. The summed E-state index contributed by atoms with van der Waals surface area (Å²) in [5, 5.41) is 4.37. The molecular weight excluding hydrogens is 699 g/mol. The minimum absolute atomic E-state index is 0.664. The minimum Gasteiger partial charge on any atom is -0.456 e. The van der Waals surface area contributed by atoms with Crippen LogP contribution in [0.2, 0.25) is 0 Å². The van der Waals surface area contributed by atoms with Gasteiger partial charge in [-0.2, -0.15) is 0 Å². The van der Waals surface area contributed by atoms with Gasteiger partial charge in [0.15, 0.2) is 5.82 Å². The van der Waals surface area contributed by atoms with Crippen LogP contribution in [0.15, 0.2) is 191 Å². The van der Waals surface area contributed by atoms with Crippen molar-refractivity contribution in [3.63, 3.8) is 0 Å². The molecule has 0 unspecified atom stereocenters. The molecular formula is C52H33N3O2. The molecule has 268 valence electrons. The largest absolute Gasteiger partial charge is 0.456 e. The predicted octanol–water partition coefficient (Wildman–Crippen LogP) is 14.0. The van der Waals surface area contributed by atoms with Gasteiger partial charge in [-0.25, -0.2) is 9.97 Å². The average Bonchev–Trinajstić information content (AvgIpc) is 3.84. The molecule has 0 spiro atoms. The highest BCUT2D eigenvalue weighted by molar-refractivity contribution is 6.07. The quantitative estimate of drug-likeness (QED) is 0.170. The van der Waals surface area contributed by atoms with Gasteiger partial charge < -0.3 is 8.83 Å². The van der Waals surface area contributed by atoms with Gasteiger partial charge in [0.25, 0.3) is 0 Å². The summed E-state index contributed by atoms with van der Waals surface area (Å²) in [7, 11) is 0. The highest BCUT2D eigenvalue weighted by atomic mass is 16.3. The number of para-hydroxylation sites is 2. The highest BCUT2D eigenvalue weighted by Crippen LogP contribution is 2.39. The Bertz CT molecular complexity index is 3180. The lowest BCUT2D eigenvalue weighted by atomic mass is 9.93. The van der Waals surface area contributed by atoms with Crippen molar-refractivity contribution in [1.82, 2.24) is 15.0 Å². The number of aryl methyl sites for hydroxylation is 1. The Balaban J connectivity index is 1.12. The first-order chi connectivity index (χ1) is 28.1. The SMILES string of the molecule is Cc1cc(-c2nc(-c3ccccc3)cc(-c3cc(-c4ccc5oc6ccccc6c5c4)cc(-c4ccc5oc6ccccc6c5c4)c3)n2)ccc1-c1cccnc1. The second kappa shape index (κ2) is 13.3. The van der Waals surface area contributed by atoms with E-state index in [2.05, 4.69) is 133 Å². The molecule has 11 aromatic rings. The van der Waals surface area contributed by atoms with Gasteiger partial charge in [-0.3, -0.25) is 4.98 Å². The lowest BCUT2D eigenvalue weighted by Gasteiger charge is -2.14. The van der Waals surface area contributed by atoms with E-state index >= 15 is 0 Å². The Morgan fingerprint density at radius 2 is 0.912 bits per heavy atom. The number of aromatic nitrogens is 3. The molecule has 0 radical (unpaired) electrons. The van der Waals surface area contributed by atoms with E-state index < -0.39 is 0 Å². The second-order valence-electron chi connectivity index (χ2n) is 14.5. The molecule has 57 heavy (non-hydrogen) atoms. The van der Waals surface area contributed by atoms with Crippen LogP contribution in [-0.4, -0.2) is 15.0 Å². The normalized spacial score (nSPS) is 11.6. The monoisotopic (exact) mass is 731 g/mol. The zero-order valence-electron chi connectivity index (χ0n) is 31.0. The van der Waals surface area contributed by atoms with Crippen LogP contribution >= 0.6 is 0 Å². The van der Waals surface area contributed by atoms with E-state index in [-0.39, 0.29) is 0 Å². The Hall–Kier alpha value is -7.63. The molecule has 7 aromatic carbocycles. The summed E-state index contributed by atoms with van der Waals surface area (Å²) < 4.78 is 12.4. The fourth-order valence-electron chi connectivity index (χ4n) is 8.05. The van der Waals surface area contributed by atoms with Crippen LogP contribution in [0.3, 0.4) is 0 Å². The van der Waals surface area contributed by atoms with Crippen molar-refractivity contribution in [2.45, 2.75) is 6.92 Å². The van der Waals surface area contributed by atoms with Gasteiger partial charge in [-0.15, -0.1) is 0 Å². The summed E-state index contributed by atoms with van der Waals surface area (Å²) in [6.45, 7) is 2.13. The Kier molecular flexibility index (Phi) is 7.64. The molecule has 0 fully saturated rings. The van der Waals surface area contributed by atoms with Crippen molar-refractivity contribution in [2.75, 3.05) is 0 Å². The van der Waals surface area contributed by atoms with Crippen LogP contribution in [0.1, 0.15) is 5.56 Å². The molecule has 0 aliphatic carbocycles. The molecule has 0 N–H and O–H groups in total. The van der Waals surface area contributed by atoms with Crippen LogP contribution < -0.4 is 0 Å². The molecule has 0 aliphatic rings. The van der Waals surface area contributed by atoms with E-state index in [4.69, 9.17) is 18.8 Å². The van der Waals surface area contributed by atoms with Crippen molar-refractivity contribution >= 4 is 43.9 Å². The van der Waals surface area contributed by atoms with Crippen molar-refractivity contribution < 1.29 is 8.83 Å². The molecule has 0 saturated carbocycles.